The number of hydrogen-bond donors (Lipinski definition) is 1. The van der Waals surface area contributed by atoms with Crippen molar-refractivity contribution < 1.29 is 4.79 Å². The maximum absolute atomic E-state index is 13.2. The molecule has 2 heterocycles. The number of imidazole rings is 1. The van der Waals surface area contributed by atoms with Crippen molar-refractivity contribution in [1.29, 1.82) is 0 Å². The summed E-state index contributed by atoms with van der Waals surface area (Å²) in [4.78, 5) is 30.4. The molecular formula is C20H25N5O2. The van der Waals surface area contributed by atoms with Crippen LogP contribution in [-0.2, 0) is 24.9 Å². The van der Waals surface area contributed by atoms with Crippen molar-refractivity contribution in [3.63, 3.8) is 0 Å². The van der Waals surface area contributed by atoms with Gasteiger partial charge in [-0.1, -0.05) is 31.4 Å². The van der Waals surface area contributed by atoms with E-state index in [1.165, 1.54) is 11.0 Å². The van der Waals surface area contributed by atoms with E-state index in [9.17, 15) is 9.59 Å². The van der Waals surface area contributed by atoms with E-state index < -0.39 is 0 Å². The lowest BCUT2D eigenvalue weighted by Crippen LogP contribution is -2.43. The first kappa shape index (κ1) is 17.6. The highest BCUT2D eigenvalue weighted by molar-refractivity contribution is 5.80. The molecule has 7 heteroatoms. The minimum absolute atomic E-state index is 0.0161. The Balaban J connectivity index is 1.61. The van der Waals surface area contributed by atoms with E-state index in [0.717, 1.165) is 42.3 Å². The van der Waals surface area contributed by atoms with Crippen molar-refractivity contribution in [3.8, 4) is 0 Å². The van der Waals surface area contributed by atoms with E-state index in [2.05, 4.69) is 10.1 Å². The number of rotatable bonds is 5. The van der Waals surface area contributed by atoms with Gasteiger partial charge in [0.1, 0.15) is 6.54 Å². The van der Waals surface area contributed by atoms with E-state index in [1.54, 1.807) is 10.9 Å². The summed E-state index contributed by atoms with van der Waals surface area (Å²) in [6.07, 6.45) is 9.32. The summed E-state index contributed by atoms with van der Waals surface area (Å²) in [5, 5.41) is 4.22. The zero-order valence-electron chi connectivity index (χ0n) is 15.6. The van der Waals surface area contributed by atoms with Gasteiger partial charge >= 0.3 is 5.69 Å². The SMILES string of the molecule is Cn1cc(CN(C(=O)Cn2c(=O)[nH]c3ccccc32)C2CCCCC2)cn1. The summed E-state index contributed by atoms with van der Waals surface area (Å²) in [6, 6.07) is 7.71. The number of para-hydroxylation sites is 2. The van der Waals surface area contributed by atoms with Crippen LogP contribution in [0.5, 0.6) is 0 Å². The molecule has 3 aromatic rings. The Kier molecular flexibility index (Phi) is 4.83. The van der Waals surface area contributed by atoms with Crippen molar-refractivity contribution in [2.75, 3.05) is 0 Å². The predicted octanol–water partition coefficient (Wildman–Crippen LogP) is 2.42. The van der Waals surface area contributed by atoms with E-state index in [0.29, 0.717) is 6.54 Å². The summed E-state index contributed by atoms with van der Waals surface area (Å²) in [5.41, 5.74) is 2.30. The molecule has 0 saturated heterocycles. The van der Waals surface area contributed by atoms with Gasteiger partial charge in [-0.15, -0.1) is 0 Å². The Morgan fingerprint density at radius 2 is 2.04 bits per heavy atom. The molecule has 1 N–H and O–H groups in total. The highest BCUT2D eigenvalue weighted by Gasteiger charge is 2.26. The second kappa shape index (κ2) is 7.42. The third-order valence-corrected chi connectivity index (χ3v) is 5.42. The average molecular weight is 367 g/mol. The number of hydrogen-bond acceptors (Lipinski definition) is 3. The Labute approximate surface area is 157 Å². The lowest BCUT2D eigenvalue weighted by molar-refractivity contribution is -0.135. The monoisotopic (exact) mass is 367 g/mol. The van der Waals surface area contributed by atoms with Crippen LogP contribution in [0.15, 0.2) is 41.5 Å². The number of amides is 1. The van der Waals surface area contributed by atoms with Gasteiger partial charge in [-0.3, -0.25) is 14.0 Å². The number of nitrogens with zero attached hydrogens (tertiary/aromatic N) is 4. The minimum Gasteiger partial charge on any atom is -0.334 e. The number of benzene rings is 1. The Morgan fingerprint density at radius 3 is 2.78 bits per heavy atom. The third kappa shape index (κ3) is 3.67. The van der Waals surface area contributed by atoms with Crippen molar-refractivity contribution in [2.24, 2.45) is 7.05 Å². The second-order valence-corrected chi connectivity index (χ2v) is 7.37. The van der Waals surface area contributed by atoms with Gasteiger partial charge in [-0.2, -0.15) is 5.10 Å². The van der Waals surface area contributed by atoms with Crippen molar-refractivity contribution >= 4 is 16.9 Å². The summed E-state index contributed by atoms with van der Waals surface area (Å²) < 4.78 is 3.29. The highest BCUT2D eigenvalue weighted by Crippen LogP contribution is 2.24. The molecule has 4 rings (SSSR count). The molecule has 0 unspecified atom stereocenters. The Morgan fingerprint density at radius 1 is 1.26 bits per heavy atom. The van der Waals surface area contributed by atoms with Gasteiger partial charge < -0.3 is 9.88 Å². The molecule has 1 aliphatic rings. The molecule has 0 aliphatic heterocycles. The molecule has 1 saturated carbocycles. The zero-order chi connectivity index (χ0) is 18.8. The molecule has 1 aliphatic carbocycles. The average Bonchev–Trinajstić information content (AvgIpc) is 3.23. The first-order valence-electron chi connectivity index (χ1n) is 9.56. The zero-order valence-corrected chi connectivity index (χ0v) is 15.6. The van der Waals surface area contributed by atoms with E-state index in [-0.39, 0.29) is 24.2 Å². The molecule has 0 bridgehead atoms. The maximum atomic E-state index is 13.2. The van der Waals surface area contributed by atoms with Crippen LogP contribution < -0.4 is 5.69 Å². The summed E-state index contributed by atoms with van der Waals surface area (Å²) in [6.45, 7) is 0.591. The smallest absolute Gasteiger partial charge is 0.326 e. The fraction of sp³-hybridized carbons (Fsp3) is 0.450. The van der Waals surface area contributed by atoms with Gasteiger partial charge in [0.2, 0.25) is 5.91 Å². The van der Waals surface area contributed by atoms with Gasteiger partial charge in [0.05, 0.1) is 17.2 Å². The molecule has 2 aromatic heterocycles. The number of H-pyrrole nitrogens is 1. The molecule has 0 atom stereocenters. The summed E-state index contributed by atoms with van der Waals surface area (Å²) in [5.74, 6) is -0.0161. The van der Waals surface area contributed by atoms with Crippen LogP contribution in [0.4, 0.5) is 0 Å². The second-order valence-electron chi connectivity index (χ2n) is 7.37. The molecule has 1 fully saturated rings. The van der Waals surface area contributed by atoms with Gasteiger partial charge in [-0.25, -0.2) is 4.79 Å². The standard InChI is InChI=1S/C20H25N5O2/c1-23-12-15(11-21-23)13-24(16-7-3-2-4-8-16)19(26)14-25-18-10-6-5-9-17(18)22-20(25)27/h5-6,9-12,16H,2-4,7-8,13-14H2,1H3,(H,22,27). The normalized spacial score (nSPS) is 15.3. The van der Waals surface area contributed by atoms with Gasteiger partial charge in [-0.05, 0) is 25.0 Å². The predicted molar refractivity (Wildman–Crippen MR) is 103 cm³/mol. The van der Waals surface area contributed by atoms with Gasteiger partial charge in [0.25, 0.3) is 0 Å². The van der Waals surface area contributed by atoms with E-state index in [4.69, 9.17) is 0 Å². The van der Waals surface area contributed by atoms with Gasteiger partial charge in [0.15, 0.2) is 0 Å². The van der Waals surface area contributed by atoms with Crippen LogP contribution in [-0.4, -0.2) is 36.2 Å². The van der Waals surface area contributed by atoms with Gasteiger partial charge in [0, 0.05) is 31.4 Å². The van der Waals surface area contributed by atoms with E-state index >= 15 is 0 Å². The number of aromatic amines is 1. The first-order valence-corrected chi connectivity index (χ1v) is 9.56. The quantitative estimate of drug-likeness (QED) is 0.752. The maximum Gasteiger partial charge on any atom is 0.326 e. The first-order chi connectivity index (χ1) is 13.1. The van der Waals surface area contributed by atoms with Crippen LogP contribution >= 0.6 is 0 Å². The molecule has 7 nitrogen and oxygen atoms in total. The minimum atomic E-state index is -0.241. The summed E-state index contributed by atoms with van der Waals surface area (Å²) >= 11 is 0. The van der Waals surface area contributed by atoms with Crippen LogP contribution in [0.3, 0.4) is 0 Å². The third-order valence-electron chi connectivity index (χ3n) is 5.42. The molecule has 27 heavy (non-hydrogen) atoms. The van der Waals surface area contributed by atoms with Crippen LogP contribution in [0.1, 0.15) is 37.7 Å². The topological polar surface area (TPSA) is 75.9 Å². The number of fused-ring (bicyclic) bond motifs is 1. The molecule has 1 amide bonds. The fourth-order valence-electron chi connectivity index (χ4n) is 4.05. The molecule has 0 radical (unpaired) electrons. The number of aromatic nitrogens is 4. The van der Waals surface area contributed by atoms with Crippen molar-refractivity contribution in [3.05, 3.63) is 52.7 Å². The Hall–Kier alpha value is -2.83. The number of nitrogens with one attached hydrogen (secondary N) is 1. The van der Waals surface area contributed by atoms with Crippen molar-refractivity contribution in [2.45, 2.75) is 51.2 Å². The molecule has 142 valence electrons. The Bertz CT molecular complexity index is 993. The molecular weight excluding hydrogens is 342 g/mol. The van der Waals surface area contributed by atoms with Crippen LogP contribution in [0.25, 0.3) is 11.0 Å². The molecule has 0 spiro atoms. The largest absolute Gasteiger partial charge is 0.334 e. The summed E-state index contributed by atoms with van der Waals surface area (Å²) in [7, 11) is 1.88. The van der Waals surface area contributed by atoms with Crippen LogP contribution in [0, 0.1) is 0 Å². The fourth-order valence-corrected chi connectivity index (χ4v) is 4.05. The number of aryl methyl sites for hydroxylation is 1. The lowest BCUT2D eigenvalue weighted by atomic mass is 9.94. The lowest BCUT2D eigenvalue weighted by Gasteiger charge is -2.34. The number of carbonyl (C=O) groups excluding carboxylic acids is 1. The number of carbonyl (C=O) groups is 1. The van der Waals surface area contributed by atoms with E-state index in [1.807, 2.05) is 42.4 Å². The van der Waals surface area contributed by atoms with Crippen molar-refractivity contribution in [1.82, 2.24) is 24.2 Å². The van der Waals surface area contributed by atoms with Crippen LogP contribution in [0.2, 0.25) is 0 Å². The highest BCUT2D eigenvalue weighted by atomic mass is 16.2. The molecule has 1 aromatic carbocycles.